The second-order valence-electron chi connectivity index (χ2n) is 12.8. The fraction of sp³-hybridized carbons (Fsp3) is 0. The van der Waals surface area contributed by atoms with Crippen molar-refractivity contribution in [1.29, 1.82) is 0 Å². The third kappa shape index (κ3) is 3.46. The molecule has 0 spiro atoms. The molecule has 0 radical (unpaired) electrons. The Hall–Kier alpha value is -6.38. The first kappa shape index (κ1) is 25.8. The SMILES string of the molecule is c1ccc2c(c1)ccc1c(-c3c4ccccc4c(-c4ccc5oc6c(ccc7c8ccccc8oc76)c5c4)c4ccccc34)cccc12. The van der Waals surface area contributed by atoms with E-state index in [4.69, 9.17) is 8.83 Å². The lowest BCUT2D eigenvalue weighted by molar-refractivity contribution is 0.633. The summed E-state index contributed by atoms with van der Waals surface area (Å²) >= 11 is 0. The quantitative estimate of drug-likeness (QED) is 0.144. The number of benzene rings is 9. The van der Waals surface area contributed by atoms with Crippen LogP contribution in [0.25, 0.3) is 109 Å². The molecule has 0 aliphatic rings. The summed E-state index contributed by atoms with van der Waals surface area (Å²) in [5.74, 6) is 0. The van der Waals surface area contributed by atoms with Gasteiger partial charge in [-0.25, -0.2) is 0 Å². The minimum atomic E-state index is 0.796. The lowest BCUT2D eigenvalue weighted by atomic mass is 9.84. The molecule has 0 amide bonds. The first-order valence-electron chi connectivity index (χ1n) is 16.4. The summed E-state index contributed by atoms with van der Waals surface area (Å²) in [6.45, 7) is 0. The lowest BCUT2D eigenvalue weighted by Gasteiger charge is -2.19. The maximum atomic E-state index is 6.52. The van der Waals surface area contributed by atoms with Crippen LogP contribution in [0.2, 0.25) is 0 Å². The Morgan fingerprint density at radius 1 is 0.292 bits per heavy atom. The van der Waals surface area contributed by atoms with Gasteiger partial charge in [0, 0.05) is 21.5 Å². The normalized spacial score (nSPS) is 12.2. The standard InChI is InChI=1S/C46H26O2/c1-2-11-29-27(10-1)20-22-31-30(29)17-9-18-33(31)44-36-15-5-3-13-34(36)43(35-14-4-6-16-37(35)44)28-21-25-42-40(26-28)39-24-23-38-32-12-7-8-19-41(32)47-45(38)46(39)48-42/h1-26H. The van der Waals surface area contributed by atoms with Crippen LogP contribution in [0.1, 0.15) is 0 Å². The van der Waals surface area contributed by atoms with E-state index in [0.717, 1.165) is 49.4 Å². The second-order valence-corrected chi connectivity index (χ2v) is 12.8. The van der Waals surface area contributed by atoms with Crippen LogP contribution in [-0.2, 0) is 0 Å². The Morgan fingerprint density at radius 3 is 1.56 bits per heavy atom. The van der Waals surface area contributed by atoms with E-state index in [-0.39, 0.29) is 0 Å². The minimum absolute atomic E-state index is 0.796. The van der Waals surface area contributed by atoms with Crippen molar-refractivity contribution in [2.75, 3.05) is 0 Å². The summed E-state index contributed by atoms with van der Waals surface area (Å²) in [4.78, 5) is 0. The average molecular weight is 611 g/mol. The molecule has 11 aromatic rings. The maximum Gasteiger partial charge on any atom is 0.178 e. The molecule has 9 aromatic carbocycles. The topological polar surface area (TPSA) is 26.3 Å². The molecule has 0 fully saturated rings. The van der Waals surface area contributed by atoms with E-state index in [1.165, 1.54) is 59.8 Å². The predicted octanol–water partition coefficient (Wildman–Crippen LogP) is 13.4. The maximum absolute atomic E-state index is 6.52. The largest absolute Gasteiger partial charge is 0.452 e. The number of hydrogen-bond donors (Lipinski definition) is 0. The van der Waals surface area contributed by atoms with Gasteiger partial charge in [0.05, 0.1) is 0 Å². The molecular formula is C46H26O2. The van der Waals surface area contributed by atoms with Crippen molar-refractivity contribution in [3.8, 4) is 22.3 Å². The van der Waals surface area contributed by atoms with E-state index < -0.39 is 0 Å². The van der Waals surface area contributed by atoms with Gasteiger partial charge in [-0.15, -0.1) is 0 Å². The summed E-state index contributed by atoms with van der Waals surface area (Å²) in [7, 11) is 0. The number of fused-ring (bicyclic) bond motifs is 12. The van der Waals surface area contributed by atoms with Crippen molar-refractivity contribution < 1.29 is 8.83 Å². The molecule has 0 unspecified atom stereocenters. The van der Waals surface area contributed by atoms with E-state index in [9.17, 15) is 0 Å². The van der Waals surface area contributed by atoms with Crippen LogP contribution in [0.3, 0.4) is 0 Å². The second kappa shape index (κ2) is 9.57. The molecule has 0 N–H and O–H groups in total. The van der Waals surface area contributed by atoms with Crippen molar-refractivity contribution in [1.82, 2.24) is 0 Å². The van der Waals surface area contributed by atoms with Gasteiger partial charge >= 0.3 is 0 Å². The van der Waals surface area contributed by atoms with Crippen molar-refractivity contribution in [2.45, 2.75) is 0 Å². The zero-order valence-corrected chi connectivity index (χ0v) is 25.8. The average Bonchev–Trinajstić information content (AvgIpc) is 3.72. The first-order chi connectivity index (χ1) is 23.8. The van der Waals surface area contributed by atoms with E-state index in [0.29, 0.717) is 0 Å². The molecule has 0 aliphatic heterocycles. The van der Waals surface area contributed by atoms with Crippen molar-refractivity contribution >= 4 is 87.0 Å². The third-order valence-corrected chi connectivity index (χ3v) is 10.3. The molecule has 11 rings (SSSR count). The van der Waals surface area contributed by atoms with Gasteiger partial charge in [0.25, 0.3) is 0 Å². The molecule has 2 aromatic heterocycles. The van der Waals surface area contributed by atoms with Crippen LogP contribution in [0.5, 0.6) is 0 Å². The van der Waals surface area contributed by atoms with Gasteiger partial charge in [-0.2, -0.15) is 0 Å². The van der Waals surface area contributed by atoms with Crippen LogP contribution in [0.4, 0.5) is 0 Å². The summed E-state index contributed by atoms with van der Waals surface area (Å²) in [5, 5.41) is 14.4. The third-order valence-electron chi connectivity index (χ3n) is 10.3. The van der Waals surface area contributed by atoms with Crippen molar-refractivity contribution in [3.05, 3.63) is 158 Å². The molecular weight excluding hydrogens is 585 g/mol. The molecule has 222 valence electrons. The van der Waals surface area contributed by atoms with Crippen LogP contribution >= 0.6 is 0 Å². The number of furan rings is 2. The Balaban J connectivity index is 1.21. The van der Waals surface area contributed by atoms with Gasteiger partial charge in [0.2, 0.25) is 0 Å². The smallest absolute Gasteiger partial charge is 0.178 e. The predicted molar refractivity (Wildman–Crippen MR) is 202 cm³/mol. The Kier molecular flexibility index (Phi) is 5.14. The fourth-order valence-electron chi connectivity index (χ4n) is 8.16. The molecule has 0 saturated carbocycles. The highest BCUT2D eigenvalue weighted by Crippen LogP contribution is 2.47. The summed E-state index contributed by atoms with van der Waals surface area (Å²) in [6, 6.07) is 56.9. The molecule has 2 heterocycles. The first-order valence-corrected chi connectivity index (χ1v) is 16.4. The summed E-state index contributed by atoms with van der Waals surface area (Å²) in [5.41, 5.74) is 8.25. The number of hydrogen-bond acceptors (Lipinski definition) is 2. The van der Waals surface area contributed by atoms with Gasteiger partial charge in [-0.3, -0.25) is 0 Å². The van der Waals surface area contributed by atoms with Gasteiger partial charge < -0.3 is 8.83 Å². The minimum Gasteiger partial charge on any atom is -0.452 e. The van der Waals surface area contributed by atoms with Crippen molar-refractivity contribution in [2.24, 2.45) is 0 Å². The van der Waals surface area contributed by atoms with Gasteiger partial charge in [-0.05, 0) is 95.7 Å². The van der Waals surface area contributed by atoms with Crippen LogP contribution in [-0.4, -0.2) is 0 Å². The molecule has 48 heavy (non-hydrogen) atoms. The van der Waals surface area contributed by atoms with Gasteiger partial charge in [0.15, 0.2) is 11.2 Å². The fourth-order valence-corrected chi connectivity index (χ4v) is 8.16. The van der Waals surface area contributed by atoms with E-state index in [1.807, 2.05) is 12.1 Å². The molecule has 0 bridgehead atoms. The zero-order chi connectivity index (χ0) is 31.3. The van der Waals surface area contributed by atoms with E-state index in [2.05, 4.69) is 146 Å². The lowest BCUT2D eigenvalue weighted by Crippen LogP contribution is -1.91. The van der Waals surface area contributed by atoms with Gasteiger partial charge in [0.1, 0.15) is 11.2 Å². The van der Waals surface area contributed by atoms with Gasteiger partial charge in [-0.1, -0.05) is 127 Å². The van der Waals surface area contributed by atoms with Crippen LogP contribution in [0.15, 0.2) is 167 Å². The summed E-state index contributed by atoms with van der Waals surface area (Å²) in [6.07, 6.45) is 0. The molecule has 2 nitrogen and oxygen atoms in total. The Bertz CT molecular complexity index is 3060. The highest BCUT2D eigenvalue weighted by Gasteiger charge is 2.20. The highest BCUT2D eigenvalue weighted by atomic mass is 16.4. The monoisotopic (exact) mass is 610 g/mol. The van der Waals surface area contributed by atoms with Crippen LogP contribution in [0, 0.1) is 0 Å². The Morgan fingerprint density at radius 2 is 0.833 bits per heavy atom. The zero-order valence-electron chi connectivity index (χ0n) is 25.8. The molecule has 0 saturated heterocycles. The molecule has 0 aliphatic carbocycles. The van der Waals surface area contributed by atoms with Crippen molar-refractivity contribution in [3.63, 3.8) is 0 Å². The van der Waals surface area contributed by atoms with E-state index in [1.54, 1.807) is 0 Å². The Labute approximate surface area is 275 Å². The number of rotatable bonds is 2. The molecule has 0 atom stereocenters. The molecule has 2 heteroatoms. The number of para-hydroxylation sites is 1. The summed E-state index contributed by atoms with van der Waals surface area (Å²) < 4.78 is 12.9. The van der Waals surface area contributed by atoms with E-state index >= 15 is 0 Å². The van der Waals surface area contributed by atoms with Crippen LogP contribution < -0.4 is 0 Å². The highest BCUT2D eigenvalue weighted by molar-refractivity contribution is 6.26.